The Kier molecular flexibility index (Phi) is 6.82. The molecular formula is C15H22N2O2. The summed E-state index contributed by atoms with van der Waals surface area (Å²) >= 11 is 0. The van der Waals surface area contributed by atoms with Gasteiger partial charge in [-0.2, -0.15) is 0 Å². The molecule has 0 radical (unpaired) electrons. The van der Waals surface area contributed by atoms with Crippen molar-refractivity contribution in [3.8, 4) is 0 Å². The van der Waals surface area contributed by atoms with Crippen molar-refractivity contribution in [1.82, 2.24) is 10.2 Å². The third kappa shape index (κ3) is 5.66. The van der Waals surface area contributed by atoms with E-state index < -0.39 is 0 Å². The number of hydrogen-bond acceptors (Lipinski definition) is 3. The number of rotatable bonds is 8. The fraction of sp³-hybridized carbons (Fsp3) is 0.467. The van der Waals surface area contributed by atoms with E-state index in [-0.39, 0.29) is 18.1 Å². The molecule has 0 aliphatic carbocycles. The molecule has 0 heterocycles. The largest absolute Gasteiger partial charge is 0.354 e. The summed E-state index contributed by atoms with van der Waals surface area (Å²) in [6.07, 6.45) is -0.0811. The first-order valence-electron chi connectivity index (χ1n) is 6.74. The minimum atomic E-state index is -0.207. The SMILES string of the molecule is CCN(CC)CCNC(=O)CC(=O)c1ccccc1. The molecule has 1 N–H and O–H groups in total. The van der Waals surface area contributed by atoms with Gasteiger partial charge in [0.15, 0.2) is 5.78 Å². The molecule has 104 valence electrons. The summed E-state index contributed by atoms with van der Waals surface area (Å²) in [5.41, 5.74) is 0.585. The minimum Gasteiger partial charge on any atom is -0.354 e. The lowest BCUT2D eigenvalue weighted by Crippen LogP contribution is -2.35. The number of hydrogen-bond donors (Lipinski definition) is 1. The second-order valence-corrected chi connectivity index (χ2v) is 4.34. The Bertz CT molecular complexity index is 400. The standard InChI is InChI=1S/C15H22N2O2/c1-3-17(4-2)11-10-16-15(19)12-14(18)13-8-6-5-7-9-13/h5-9H,3-4,10-12H2,1-2H3,(H,16,19). The van der Waals surface area contributed by atoms with Crippen LogP contribution in [0.15, 0.2) is 30.3 Å². The molecule has 1 rings (SSSR count). The molecule has 4 heteroatoms. The van der Waals surface area contributed by atoms with Gasteiger partial charge in [-0.15, -0.1) is 0 Å². The van der Waals surface area contributed by atoms with Gasteiger partial charge in [0.25, 0.3) is 0 Å². The Balaban J connectivity index is 2.30. The lowest BCUT2D eigenvalue weighted by atomic mass is 10.1. The van der Waals surface area contributed by atoms with Crippen LogP contribution in [0.2, 0.25) is 0 Å². The Hall–Kier alpha value is -1.68. The minimum absolute atomic E-state index is 0.0811. The molecule has 1 amide bonds. The number of ketones is 1. The van der Waals surface area contributed by atoms with E-state index in [1.807, 2.05) is 6.07 Å². The van der Waals surface area contributed by atoms with Gasteiger partial charge >= 0.3 is 0 Å². The molecule has 0 unspecified atom stereocenters. The molecule has 1 aromatic rings. The number of carbonyl (C=O) groups is 2. The molecule has 1 aromatic carbocycles. The van der Waals surface area contributed by atoms with Gasteiger partial charge in [0.05, 0.1) is 6.42 Å². The smallest absolute Gasteiger partial charge is 0.227 e. The van der Waals surface area contributed by atoms with Crippen molar-refractivity contribution in [2.45, 2.75) is 20.3 Å². The van der Waals surface area contributed by atoms with Crippen LogP contribution in [0.5, 0.6) is 0 Å². The Morgan fingerprint density at radius 3 is 2.32 bits per heavy atom. The molecule has 4 nitrogen and oxygen atoms in total. The molecule has 0 saturated carbocycles. The zero-order valence-electron chi connectivity index (χ0n) is 11.7. The number of nitrogens with zero attached hydrogens (tertiary/aromatic N) is 1. The third-order valence-corrected chi connectivity index (χ3v) is 3.06. The van der Waals surface area contributed by atoms with Crippen LogP contribution >= 0.6 is 0 Å². The summed E-state index contributed by atoms with van der Waals surface area (Å²) < 4.78 is 0. The number of nitrogens with one attached hydrogen (secondary N) is 1. The van der Waals surface area contributed by atoms with Crippen LogP contribution in [0, 0.1) is 0 Å². The van der Waals surface area contributed by atoms with Crippen LogP contribution in [-0.2, 0) is 4.79 Å². The summed E-state index contributed by atoms with van der Waals surface area (Å²) in [4.78, 5) is 25.6. The number of Topliss-reactive ketones (excluding diaryl/α,β-unsaturated/α-hetero) is 1. The molecule has 0 atom stereocenters. The first-order valence-corrected chi connectivity index (χ1v) is 6.74. The predicted octanol–water partition coefficient (Wildman–Crippen LogP) is 1.72. The molecule has 0 aliphatic heterocycles. The lowest BCUT2D eigenvalue weighted by molar-refractivity contribution is -0.120. The second-order valence-electron chi connectivity index (χ2n) is 4.34. The molecule has 0 fully saturated rings. The predicted molar refractivity (Wildman–Crippen MR) is 76.2 cm³/mol. The van der Waals surface area contributed by atoms with Gasteiger partial charge in [0, 0.05) is 18.7 Å². The highest BCUT2D eigenvalue weighted by Crippen LogP contribution is 2.02. The van der Waals surface area contributed by atoms with Crippen LogP contribution in [-0.4, -0.2) is 42.8 Å². The number of carbonyl (C=O) groups excluding carboxylic acids is 2. The van der Waals surface area contributed by atoms with Crippen molar-refractivity contribution >= 4 is 11.7 Å². The van der Waals surface area contributed by atoms with Gasteiger partial charge in [-0.25, -0.2) is 0 Å². The Morgan fingerprint density at radius 1 is 1.11 bits per heavy atom. The molecule has 0 saturated heterocycles. The van der Waals surface area contributed by atoms with Crippen molar-refractivity contribution in [2.24, 2.45) is 0 Å². The maximum atomic E-state index is 11.8. The molecular weight excluding hydrogens is 240 g/mol. The average molecular weight is 262 g/mol. The number of benzene rings is 1. The molecule has 0 bridgehead atoms. The van der Waals surface area contributed by atoms with Crippen LogP contribution in [0.25, 0.3) is 0 Å². The van der Waals surface area contributed by atoms with Gasteiger partial charge in [-0.1, -0.05) is 44.2 Å². The van der Waals surface area contributed by atoms with Crippen molar-refractivity contribution in [3.05, 3.63) is 35.9 Å². The maximum absolute atomic E-state index is 11.8. The second kappa shape index (κ2) is 8.43. The van der Waals surface area contributed by atoms with Crippen molar-refractivity contribution in [3.63, 3.8) is 0 Å². The summed E-state index contributed by atoms with van der Waals surface area (Å²) in [6.45, 7) is 7.51. The zero-order valence-corrected chi connectivity index (χ0v) is 11.7. The van der Waals surface area contributed by atoms with Crippen LogP contribution < -0.4 is 5.32 Å². The van der Waals surface area contributed by atoms with E-state index in [0.29, 0.717) is 12.1 Å². The summed E-state index contributed by atoms with van der Waals surface area (Å²) in [6, 6.07) is 8.90. The van der Waals surface area contributed by atoms with Crippen molar-refractivity contribution in [2.75, 3.05) is 26.2 Å². The first kappa shape index (κ1) is 15.4. The van der Waals surface area contributed by atoms with Gasteiger partial charge < -0.3 is 10.2 Å². The molecule has 0 spiro atoms. The first-order chi connectivity index (χ1) is 9.17. The van der Waals surface area contributed by atoms with E-state index in [0.717, 1.165) is 19.6 Å². The van der Waals surface area contributed by atoms with Gasteiger partial charge in [-0.3, -0.25) is 9.59 Å². The third-order valence-electron chi connectivity index (χ3n) is 3.06. The van der Waals surface area contributed by atoms with Gasteiger partial charge in [0.2, 0.25) is 5.91 Å². The number of likely N-dealkylation sites (N-methyl/N-ethyl adjacent to an activating group) is 1. The molecule has 0 aliphatic rings. The average Bonchev–Trinajstić information content (AvgIpc) is 2.44. The molecule has 0 aromatic heterocycles. The zero-order chi connectivity index (χ0) is 14.1. The fourth-order valence-corrected chi connectivity index (χ4v) is 1.83. The summed E-state index contributed by atoms with van der Waals surface area (Å²) in [5.74, 6) is -0.345. The highest BCUT2D eigenvalue weighted by atomic mass is 16.2. The Labute approximate surface area is 114 Å². The fourth-order valence-electron chi connectivity index (χ4n) is 1.83. The normalized spacial score (nSPS) is 10.5. The monoisotopic (exact) mass is 262 g/mol. The van der Waals surface area contributed by atoms with Crippen LogP contribution in [0.1, 0.15) is 30.6 Å². The number of amides is 1. The van der Waals surface area contributed by atoms with Gasteiger partial charge in [-0.05, 0) is 13.1 Å². The van der Waals surface area contributed by atoms with E-state index in [9.17, 15) is 9.59 Å². The van der Waals surface area contributed by atoms with E-state index in [2.05, 4.69) is 24.1 Å². The van der Waals surface area contributed by atoms with Crippen LogP contribution in [0.4, 0.5) is 0 Å². The Morgan fingerprint density at radius 2 is 1.74 bits per heavy atom. The highest BCUT2D eigenvalue weighted by Gasteiger charge is 2.11. The maximum Gasteiger partial charge on any atom is 0.227 e. The van der Waals surface area contributed by atoms with E-state index in [4.69, 9.17) is 0 Å². The lowest BCUT2D eigenvalue weighted by Gasteiger charge is -2.17. The van der Waals surface area contributed by atoms with E-state index >= 15 is 0 Å². The van der Waals surface area contributed by atoms with Crippen molar-refractivity contribution in [1.29, 1.82) is 0 Å². The highest BCUT2D eigenvalue weighted by molar-refractivity contribution is 6.07. The topological polar surface area (TPSA) is 49.4 Å². The van der Waals surface area contributed by atoms with E-state index in [1.165, 1.54) is 0 Å². The summed E-state index contributed by atoms with van der Waals surface area (Å²) in [7, 11) is 0. The quantitative estimate of drug-likeness (QED) is 0.573. The molecule has 19 heavy (non-hydrogen) atoms. The summed E-state index contributed by atoms with van der Waals surface area (Å²) in [5, 5.41) is 2.78. The van der Waals surface area contributed by atoms with Crippen molar-refractivity contribution < 1.29 is 9.59 Å². The van der Waals surface area contributed by atoms with Gasteiger partial charge in [0.1, 0.15) is 0 Å². The van der Waals surface area contributed by atoms with E-state index in [1.54, 1.807) is 24.3 Å². The van der Waals surface area contributed by atoms with Crippen LogP contribution in [0.3, 0.4) is 0 Å².